The molecule has 0 N–H and O–H groups in total. The first kappa shape index (κ1) is 20.3. The maximum atomic E-state index is 13.1. The van der Waals surface area contributed by atoms with Crippen molar-refractivity contribution in [3.63, 3.8) is 0 Å². The van der Waals surface area contributed by atoms with E-state index in [-0.39, 0.29) is 5.91 Å². The van der Waals surface area contributed by atoms with Crippen LogP contribution in [0.1, 0.15) is 33.1 Å². The van der Waals surface area contributed by atoms with Gasteiger partial charge in [0.2, 0.25) is 0 Å². The molecule has 4 nitrogen and oxygen atoms in total. The van der Waals surface area contributed by atoms with E-state index in [0.717, 1.165) is 43.2 Å². The number of hydrogen-bond donors (Lipinski definition) is 0. The smallest absolute Gasteiger partial charge is 0.263 e. The summed E-state index contributed by atoms with van der Waals surface area (Å²) in [5.41, 5.74) is 2.70. The summed E-state index contributed by atoms with van der Waals surface area (Å²) in [6, 6.07) is 23.7. The number of fused-ring (bicyclic) bond motifs is 1. The maximum absolute atomic E-state index is 13.1. The van der Waals surface area contributed by atoms with E-state index in [9.17, 15) is 4.79 Å². The summed E-state index contributed by atoms with van der Waals surface area (Å²) in [5, 5.41) is 1.98. The fraction of sp³-hybridized carbons (Fsp3) is 0.346. The molecule has 3 atom stereocenters. The quantitative estimate of drug-likeness (QED) is 0.576. The van der Waals surface area contributed by atoms with Gasteiger partial charge in [0.25, 0.3) is 5.91 Å². The van der Waals surface area contributed by atoms with Gasteiger partial charge in [0.05, 0.1) is 12.0 Å². The van der Waals surface area contributed by atoms with E-state index < -0.39 is 0 Å². The zero-order valence-electron chi connectivity index (χ0n) is 17.8. The summed E-state index contributed by atoms with van der Waals surface area (Å²) >= 11 is 1.54. The molecule has 5 rings (SSSR count). The highest BCUT2D eigenvalue weighted by Gasteiger charge is 2.45. The summed E-state index contributed by atoms with van der Waals surface area (Å²) in [4.78, 5) is 18.6. The Morgan fingerprint density at radius 3 is 2.55 bits per heavy atom. The molecule has 3 heterocycles. The molecule has 5 heteroatoms. The first-order chi connectivity index (χ1) is 15.2. The molecule has 1 aromatic heterocycles. The van der Waals surface area contributed by atoms with Gasteiger partial charge in [-0.3, -0.25) is 9.69 Å². The molecule has 31 heavy (non-hydrogen) atoms. The van der Waals surface area contributed by atoms with E-state index in [2.05, 4.69) is 64.4 Å². The van der Waals surface area contributed by atoms with Crippen LogP contribution in [0.5, 0.6) is 5.75 Å². The molecule has 2 aromatic carbocycles. The van der Waals surface area contributed by atoms with E-state index in [1.54, 1.807) is 7.11 Å². The average Bonchev–Trinajstić information content (AvgIpc) is 3.48. The molecule has 160 valence electrons. The number of piperidine rings is 1. The maximum Gasteiger partial charge on any atom is 0.263 e. The monoisotopic (exact) mass is 432 g/mol. The van der Waals surface area contributed by atoms with E-state index in [4.69, 9.17) is 4.74 Å². The molecule has 0 unspecified atom stereocenters. The highest BCUT2D eigenvalue weighted by atomic mass is 32.1. The van der Waals surface area contributed by atoms with Crippen LogP contribution in [0.3, 0.4) is 0 Å². The van der Waals surface area contributed by atoms with Crippen LogP contribution in [-0.2, 0) is 6.54 Å². The SMILES string of the molecule is COc1ccc([C@H]2CN(Cc3ccccc3)[C@@H]3CCN(C(=O)c4cccs4)C[C@H]23)cc1. The Morgan fingerprint density at radius 2 is 1.84 bits per heavy atom. The Labute approximate surface area is 188 Å². The number of carbonyl (C=O) groups excluding carboxylic acids is 1. The molecule has 1 amide bonds. The minimum atomic E-state index is 0.184. The van der Waals surface area contributed by atoms with Gasteiger partial charge in [0.1, 0.15) is 5.75 Å². The van der Waals surface area contributed by atoms with Crippen LogP contribution in [0.4, 0.5) is 0 Å². The molecule has 2 aliphatic heterocycles. The Morgan fingerprint density at radius 1 is 1.03 bits per heavy atom. The standard InChI is InChI=1S/C26H28N2O2S/c1-30-21-11-9-20(10-12-21)22-17-28(16-19-6-3-2-4-7-19)24-13-14-27(18-23(22)24)26(29)25-8-5-15-31-25/h2-12,15,22-24H,13-14,16-18H2,1H3/t22-,23-,24-/m1/s1. The number of ether oxygens (including phenoxy) is 1. The Hall–Kier alpha value is -2.63. The number of benzene rings is 2. The van der Waals surface area contributed by atoms with Crippen molar-refractivity contribution in [2.45, 2.75) is 24.9 Å². The van der Waals surface area contributed by atoms with Crippen molar-refractivity contribution in [3.8, 4) is 5.75 Å². The molecule has 2 aliphatic rings. The number of thiophene rings is 1. The van der Waals surface area contributed by atoms with Gasteiger partial charge in [-0.25, -0.2) is 0 Å². The summed E-state index contributed by atoms with van der Waals surface area (Å²) < 4.78 is 5.37. The third-order valence-electron chi connectivity index (χ3n) is 6.83. The fourth-order valence-corrected chi connectivity index (χ4v) is 5.98. The van der Waals surface area contributed by atoms with Crippen LogP contribution < -0.4 is 4.74 Å². The zero-order valence-corrected chi connectivity index (χ0v) is 18.6. The second kappa shape index (κ2) is 8.85. The predicted molar refractivity (Wildman–Crippen MR) is 125 cm³/mol. The van der Waals surface area contributed by atoms with Crippen LogP contribution in [0.25, 0.3) is 0 Å². The van der Waals surface area contributed by atoms with Crippen LogP contribution >= 0.6 is 11.3 Å². The first-order valence-electron chi connectivity index (χ1n) is 11.0. The lowest BCUT2D eigenvalue weighted by molar-refractivity contribution is 0.0588. The van der Waals surface area contributed by atoms with E-state index >= 15 is 0 Å². The van der Waals surface area contributed by atoms with Crippen molar-refractivity contribution in [3.05, 3.63) is 88.1 Å². The highest BCUT2D eigenvalue weighted by molar-refractivity contribution is 7.12. The molecule has 2 saturated heterocycles. The van der Waals surface area contributed by atoms with Gasteiger partial charge in [-0.1, -0.05) is 48.5 Å². The van der Waals surface area contributed by atoms with Crippen molar-refractivity contribution in [2.75, 3.05) is 26.7 Å². The van der Waals surface area contributed by atoms with E-state index in [0.29, 0.717) is 17.9 Å². The summed E-state index contributed by atoms with van der Waals surface area (Å²) in [7, 11) is 1.71. The van der Waals surface area contributed by atoms with Crippen molar-refractivity contribution in [1.29, 1.82) is 0 Å². The molecule has 2 fully saturated rings. The Kier molecular flexibility index (Phi) is 5.79. The summed E-state index contributed by atoms with van der Waals surface area (Å²) in [5.74, 6) is 1.93. The fourth-order valence-electron chi connectivity index (χ4n) is 5.29. The lowest BCUT2D eigenvalue weighted by Gasteiger charge is -2.39. The lowest BCUT2D eigenvalue weighted by Crippen LogP contribution is -2.48. The molecule has 0 radical (unpaired) electrons. The Balaban J connectivity index is 1.40. The van der Waals surface area contributed by atoms with Crippen LogP contribution in [0, 0.1) is 5.92 Å². The molecule has 0 spiro atoms. The first-order valence-corrected chi connectivity index (χ1v) is 11.9. The number of rotatable bonds is 5. The van der Waals surface area contributed by atoms with E-state index in [1.165, 1.54) is 22.5 Å². The normalized spacial score (nSPS) is 23.5. The number of methoxy groups -OCH3 is 1. The van der Waals surface area contributed by atoms with Crippen molar-refractivity contribution < 1.29 is 9.53 Å². The average molecular weight is 433 g/mol. The second-order valence-corrected chi connectivity index (χ2v) is 9.49. The second-order valence-electron chi connectivity index (χ2n) is 8.54. The summed E-state index contributed by atoms with van der Waals surface area (Å²) in [6.45, 7) is 3.65. The number of carbonyl (C=O) groups is 1. The topological polar surface area (TPSA) is 32.8 Å². The van der Waals surface area contributed by atoms with Crippen molar-refractivity contribution in [2.24, 2.45) is 5.92 Å². The molecular weight excluding hydrogens is 404 g/mol. The van der Waals surface area contributed by atoms with Crippen molar-refractivity contribution >= 4 is 17.2 Å². The van der Waals surface area contributed by atoms with Gasteiger partial charge in [-0.15, -0.1) is 11.3 Å². The molecule has 0 bridgehead atoms. The Bertz CT molecular complexity index is 1000. The number of amides is 1. The van der Waals surface area contributed by atoms with Gasteiger partial charge in [-0.2, -0.15) is 0 Å². The number of nitrogens with zero attached hydrogens (tertiary/aromatic N) is 2. The van der Waals surface area contributed by atoms with Gasteiger partial charge < -0.3 is 9.64 Å². The van der Waals surface area contributed by atoms with Crippen LogP contribution in [0.2, 0.25) is 0 Å². The van der Waals surface area contributed by atoms with Gasteiger partial charge in [0.15, 0.2) is 0 Å². The van der Waals surface area contributed by atoms with Crippen LogP contribution in [-0.4, -0.2) is 48.5 Å². The molecule has 0 aliphatic carbocycles. The largest absolute Gasteiger partial charge is 0.497 e. The number of likely N-dealkylation sites (tertiary alicyclic amines) is 2. The molecular formula is C26H28N2O2S. The lowest BCUT2D eigenvalue weighted by atomic mass is 9.81. The third kappa shape index (κ3) is 4.12. The van der Waals surface area contributed by atoms with E-state index in [1.807, 2.05) is 17.5 Å². The summed E-state index contributed by atoms with van der Waals surface area (Å²) in [6.07, 6.45) is 1.03. The predicted octanol–water partition coefficient (Wildman–Crippen LogP) is 4.89. The number of hydrogen-bond acceptors (Lipinski definition) is 4. The highest BCUT2D eigenvalue weighted by Crippen LogP contribution is 2.42. The minimum absolute atomic E-state index is 0.184. The zero-order chi connectivity index (χ0) is 21.2. The molecule has 0 saturated carbocycles. The molecule has 3 aromatic rings. The van der Waals surface area contributed by atoms with Crippen molar-refractivity contribution in [1.82, 2.24) is 9.80 Å². The van der Waals surface area contributed by atoms with Gasteiger partial charge in [-0.05, 0) is 41.1 Å². The van der Waals surface area contributed by atoms with Gasteiger partial charge >= 0.3 is 0 Å². The van der Waals surface area contributed by atoms with Crippen LogP contribution in [0.15, 0.2) is 72.1 Å². The minimum Gasteiger partial charge on any atom is -0.497 e. The third-order valence-corrected chi connectivity index (χ3v) is 7.69. The van der Waals surface area contributed by atoms with Gasteiger partial charge in [0, 0.05) is 44.1 Å².